The maximum atomic E-state index is 11.3. The molecule has 3 N–H and O–H groups in total. The monoisotopic (exact) mass is 358 g/mol. The quantitative estimate of drug-likeness (QED) is 0.376. The van der Waals surface area contributed by atoms with Crippen LogP contribution in [-0.4, -0.2) is 33.0 Å². The van der Waals surface area contributed by atoms with Crippen LogP contribution in [-0.2, 0) is 0 Å². The maximum Gasteiger partial charge on any atom is 0.102 e. The van der Waals surface area contributed by atoms with E-state index in [-0.39, 0.29) is 28.8 Å². The lowest BCUT2D eigenvalue weighted by atomic mass is 9.46. The zero-order chi connectivity index (χ0) is 18.7. The fourth-order valence-corrected chi connectivity index (χ4v) is 7.15. The van der Waals surface area contributed by atoms with Gasteiger partial charge in [-0.3, -0.25) is 0 Å². The van der Waals surface area contributed by atoms with E-state index < -0.39 is 0 Å². The first-order valence-electron chi connectivity index (χ1n) is 9.84. The molecule has 3 saturated carbocycles. The highest BCUT2D eigenvalue weighted by molar-refractivity contribution is 6.05. The van der Waals surface area contributed by atoms with Gasteiger partial charge in [-0.2, -0.15) is 0 Å². The van der Waals surface area contributed by atoms with Gasteiger partial charge in [-0.05, 0) is 68.4 Å². The predicted octanol–water partition coefficient (Wildman–Crippen LogP) is 3.99. The summed E-state index contributed by atoms with van der Waals surface area (Å²) < 4.78 is 0. The van der Waals surface area contributed by atoms with Gasteiger partial charge in [0.1, 0.15) is 5.71 Å². The van der Waals surface area contributed by atoms with E-state index in [9.17, 15) is 10.3 Å². The van der Waals surface area contributed by atoms with Crippen molar-refractivity contribution in [3.63, 3.8) is 0 Å². The molecule has 4 aliphatic carbocycles. The van der Waals surface area contributed by atoms with E-state index >= 15 is 0 Å². The molecule has 0 aromatic carbocycles. The molecule has 142 valence electrons. The van der Waals surface area contributed by atoms with Gasteiger partial charge >= 0.3 is 0 Å². The normalized spacial score (nSPS) is 49.4. The van der Waals surface area contributed by atoms with Crippen molar-refractivity contribution in [3.05, 3.63) is 23.8 Å². The molecule has 4 aliphatic rings. The molecule has 5 heteroatoms. The van der Waals surface area contributed by atoms with Crippen molar-refractivity contribution in [2.75, 3.05) is 0 Å². The second-order valence-corrected chi connectivity index (χ2v) is 9.29. The Morgan fingerprint density at radius 1 is 1.19 bits per heavy atom. The number of fused-ring (bicyclic) bond motifs is 5. The Morgan fingerprint density at radius 3 is 2.65 bits per heavy atom. The number of hydrogen-bond donors (Lipinski definition) is 3. The molecule has 7 atom stereocenters. The lowest BCUT2D eigenvalue weighted by molar-refractivity contribution is -0.109. The summed E-state index contributed by atoms with van der Waals surface area (Å²) in [4.78, 5) is 0. The predicted molar refractivity (Wildman–Crippen MR) is 101 cm³/mol. The van der Waals surface area contributed by atoms with Crippen LogP contribution in [0.4, 0.5) is 0 Å². The standard InChI is InChI=1S/C21H30N2O3/c1-12(22-25)16-6-7-17-15-5-4-13-10-14(23-26)8-9-20(13,2)19(15)18(24)11-21(16,17)3/h8-10,15-19,24-26H,4-7,11H2,1-3H3/b22-12+,23-14+/t15-,16+,17?,18-,19?,20-,21+/m0/s1. The van der Waals surface area contributed by atoms with Crippen LogP contribution in [0.5, 0.6) is 0 Å². The van der Waals surface area contributed by atoms with Gasteiger partial charge in [-0.15, -0.1) is 0 Å². The molecule has 0 bridgehead atoms. The summed E-state index contributed by atoms with van der Waals surface area (Å²) in [5.41, 5.74) is 2.52. The first kappa shape index (κ1) is 17.8. The molecule has 3 fully saturated rings. The average Bonchev–Trinajstić information content (AvgIpc) is 2.96. The van der Waals surface area contributed by atoms with Crippen LogP contribution in [0.1, 0.15) is 52.9 Å². The van der Waals surface area contributed by atoms with E-state index in [0.29, 0.717) is 17.5 Å². The minimum Gasteiger partial charge on any atom is -0.411 e. The summed E-state index contributed by atoms with van der Waals surface area (Å²) >= 11 is 0. The van der Waals surface area contributed by atoms with Gasteiger partial charge in [0.05, 0.1) is 11.8 Å². The third kappa shape index (κ3) is 2.25. The van der Waals surface area contributed by atoms with Crippen LogP contribution >= 0.6 is 0 Å². The molecular formula is C21H30N2O3. The number of hydrogen-bond acceptors (Lipinski definition) is 5. The van der Waals surface area contributed by atoms with E-state index in [4.69, 9.17) is 5.21 Å². The zero-order valence-corrected chi connectivity index (χ0v) is 15.9. The smallest absolute Gasteiger partial charge is 0.102 e. The number of allylic oxidation sites excluding steroid dienone is 4. The van der Waals surface area contributed by atoms with Gasteiger partial charge in [-0.1, -0.05) is 35.8 Å². The van der Waals surface area contributed by atoms with E-state index in [1.54, 1.807) is 0 Å². The molecule has 0 aromatic rings. The molecule has 5 nitrogen and oxygen atoms in total. The average molecular weight is 358 g/mol. The summed E-state index contributed by atoms with van der Waals surface area (Å²) in [6.07, 6.45) is 10.6. The second-order valence-electron chi connectivity index (χ2n) is 9.29. The van der Waals surface area contributed by atoms with E-state index in [1.807, 2.05) is 19.1 Å². The van der Waals surface area contributed by atoms with Gasteiger partial charge in [0.2, 0.25) is 0 Å². The maximum absolute atomic E-state index is 11.3. The summed E-state index contributed by atoms with van der Waals surface area (Å²) in [7, 11) is 0. The van der Waals surface area contributed by atoms with Crippen molar-refractivity contribution in [3.8, 4) is 0 Å². The molecule has 0 heterocycles. The topological polar surface area (TPSA) is 85.4 Å². The van der Waals surface area contributed by atoms with Crippen molar-refractivity contribution in [1.29, 1.82) is 0 Å². The van der Waals surface area contributed by atoms with Crippen LogP contribution in [0.25, 0.3) is 0 Å². The summed E-state index contributed by atoms with van der Waals surface area (Å²) in [5, 5.41) is 36.6. The number of nitrogens with zero attached hydrogens (tertiary/aromatic N) is 2. The molecule has 0 spiro atoms. The van der Waals surface area contributed by atoms with E-state index in [2.05, 4.69) is 30.2 Å². The fourth-order valence-electron chi connectivity index (χ4n) is 7.15. The zero-order valence-electron chi connectivity index (χ0n) is 15.9. The molecule has 0 saturated heterocycles. The van der Waals surface area contributed by atoms with Crippen LogP contribution in [0, 0.1) is 34.5 Å². The van der Waals surface area contributed by atoms with Crippen molar-refractivity contribution in [1.82, 2.24) is 0 Å². The van der Waals surface area contributed by atoms with Crippen molar-refractivity contribution >= 4 is 11.4 Å². The molecule has 4 rings (SSSR count). The number of rotatable bonds is 1. The van der Waals surface area contributed by atoms with Crippen molar-refractivity contribution < 1.29 is 15.5 Å². The summed E-state index contributed by atoms with van der Waals surface area (Å²) in [5.74, 6) is 1.48. The molecular weight excluding hydrogens is 328 g/mol. The molecule has 2 unspecified atom stereocenters. The highest BCUT2D eigenvalue weighted by Crippen LogP contribution is 2.66. The first-order chi connectivity index (χ1) is 12.3. The molecule has 0 radical (unpaired) electrons. The van der Waals surface area contributed by atoms with Crippen molar-refractivity contribution in [2.24, 2.45) is 44.8 Å². The molecule has 26 heavy (non-hydrogen) atoms. The Kier molecular flexibility index (Phi) is 4.07. The number of aliphatic hydroxyl groups is 1. The van der Waals surface area contributed by atoms with Gasteiger partial charge in [-0.25, -0.2) is 0 Å². The van der Waals surface area contributed by atoms with Crippen LogP contribution < -0.4 is 0 Å². The van der Waals surface area contributed by atoms with Gasteiger partial charge in [0, 0.05) is 17.3 Å². The molecule has 0 aromatic heterocycles. The van der Waals surface area contributed by atoms with E-state index in [0.717, 1.165) is 37.8 Å². The third-order valence-corrected chi connectivity index (χ3v) is 8.28. The minimum absolute atomic E-state index is 0.00454. The molecule has 0 amide bonds. The Hall–Kier alpha value is -1.62. The highest BCUT2D eigenvalue weighted by atomic mass is 16.4. The Balaban J connectivity index is 1.72. The SMILES string of the molecule is C/C(=N\O)[C@H]1CCC2[C@@H]3CCC4=C/C(=N/O)C=C[C@]4(C)C3[C@@H](O)C[C@@]21C. The number of aliphatic hydroxyl groups excluding tert-OH is 1. The van der Waals surface area contributed by atoms with Gasteiger partial charge < -0.3 is 15.5 Å². The lowest BCUT2D eigenvalue weighted by Crippen LogP contribution is -2.56. The number of oxime groups is 2. The van der Waals surface area contributed by atoms with Crippen LogP contribution in [0.15, 0.2) is 34.1 Å². The van der Waals surface area contributed by atoms with Crippen molar-refractivity contribution in [2.45, 2.75) is 59.0 Å². The molecule has 0 aliphatic heterocycles. The van der Waals surface area contributed by atoms with Gasteiger partial charge in [0.25, 0.3) is 0 Å². The summed E-state index contributed by atoms with van der Waals surface area (Å²) in [6, 6.07) is 0. The largest absolute Gasteiger partial charge is 0.411 e. The first-order valence-corrected chi connectivity index (χ1v) is 9.84. The Bertz CT molecular complexity index is 725. The van der Waals surface area contributed by atoms with E-state index in [1.165, 1.54) is 5.57 Å². The Morgan fingerprint density at radius 2 is 1.96 bits per heavy atom. The third-order valence-electron chi connectivity index (χ3n) is 8.28. The second kappa shape index (κ2) is 5.95. The van der Waals surface area contributed by atoms with Gasteiger partial charge in [0.15, 0.2) is 0 Å². The lowest BCUT2D eigenvalue weighted by Gasteiger charge is -2.58. The van der Waals surface area contributed by atoms with Crippen LogP contribution in [0.2, 0.25) is 0 Å². The minimum atomic E-state index is -0.376. The highest BCUT2D eigenvalue weighted by Gasteiger charge is 2.61. The Labute approximate surface area is 155 Å². The van der Waals surface area contributed by atoms with Crippen LogP contribution in [0.3, 0.4) is 0 Å². The fraction of sp³-hybridized carbons (Fsp3) is 0.714. The summed E-state index contributed by atoms with van der Waals surface area (Å²) in [6.45, 7) is 6.45.